The van der Waals surface area contributed by atoms with Crippen molar-refractivity contribution in [2.75, 3.05) is 47.5 Å². The lowest BCUT2D eigenvalue weighted by Gasteiger charge is -2.26. The van der Waals surface area contributed by atoms with Crippen molar-refractivity contribution in [3.63, 3.8) is 0 Å². The largest absolute Gasteiger partial charge is 0.545 e. The highest BCUT2D eigenvalue weighted by Gasteiger charge is 2.21. The van der Waals surface area contributed by atoms with E-state index in [1.165, 1.54) is 19.3 Å². The van der Waals surface area contributed by atoms with Gasteiger partial charge in [-0.3, -0.25) is 9.59 Å². The summed E-state index contributed by atoms with van der Waals surface area (Å²) < 4.78 is 22.4. The third-order valence-electron chi connectivity index (χ3n) is 9.03. The van der Waals surface area contributed by atoms with Crippen molar-refractivity contribution in [2.45, 2.75) is 155 Å². The molecule has 0 heterocycles. The van der Waals surface area contributed by atoms with Crippen LogP contribution in [0.15, 0.2) is 109 Å². The summed E-state index contributed by atoms with van der Waals surface area (Å²) in [5.41, 5.74) is 0. The van der Waals surface area contributed by atoms with Gasteiger partial charge >= 0.3 is 11.9 Å². The van der Waals surface area contributed by atoms with Gasteiger partial charge < -0.3 is 33.3 Å². The number of carbonyl (C=O) groups excluding carboxylic acids is 3. The van der Waals surface area contributed by atoms with Gasteiger partial charge in [0.1, 0.15) is 13.2 Å². The zero-order valence-corrected chi connectivity index (χ0v) is 38.7. The Hall–Kier alpha value is -4.05. The minimum atomic E-state index is -1.64. The molecule has 0 N–H and O–H groups in total. The van der Waals surface area contributed by atoms with Crippen LogP contribution < -0.4 is 5.11 Å². The molecule has 9 nitrogen and oxygen atoms in total. The van der Waals surface area contributed by atoms with Gasteiger partial charge in [0.05, 0.1) is 40.3 Å². The summed E-state index contributed by atoms with van der Waals surface area (Å²) in [6.45, 7) is 4.47. The van der Waals surface area contributed by atoms with E-state index < -0.39 is 24.3 Å². The number of hydrogen-bond donors (Lipinski definition) is 0. The van der Waals surface area contributed by atoms with Crippen LogP contribution in [-0.2, 0) is 33.3 Å². The predicted molar refractivity (Wildman–Crippen MR) is 250 cm³/mol. The van der Waals surface area contributed by atoms with Crippen molar-refractivity contribution in [1.82, 2.24) is 0 Å². The van der Waals surface area contributed by atoms with E-state index in [-0.39, 0.29) is 38.6 Å². The van der Waals surface area contributed by atoms with Crippen LogP contribution in [0.1, 0.15) is 142 Å². The maximum Gasteiger partial charge on any atom is 0.306 e. The Labute approximate surface area is 371 Å². The molecule has 0 saturated heterocycles. The van der Waals surface area contributed by atoms with Gasteiger partial charge in [0.25, 0.3) is 0 Å². The summed E-state index contributed by atoms with van der Waals surface area (Å²) in [5, 5.41) is 11.6. The van der Waals surface area contributed by atoms with Crippen LogP contribution >= 0.6 is 0 Å². The predicted octanol–water partition coefficient (Wildman–Crippen LogP) is 11.1. The van der Waals surface area contributed by atoms with Gasteiger partial charge in [-0.1, -0.05) is 162 Å². The van der Waals surface area contributed by atoms with Crippen LogP contribution in [0.4, 0.5) is 0 Å². The SMILES string of the molecule is CC/C=C\C/C=C\C/C=C\C/C=C\C/C=C\C/C=C\C/C=C\C/C=C\C/C=C\CCCC(=O)OC(COC(=O)CCCCCCCCC)COC(OCC[N+](C)(C)C)C(=O)[O-]. The summed E-state index contributed by atoms with van der Waals surface area (Å²) in [4.78, 5) is 36.7. The first kappa shape index (κ1) is 57.0. The number of allylic oxidation sites excluding steroid dienone is 18. The van der Waals surface area contributed by atoms with E-state index in [1.54, 1.807) is 0 Å². The second kappa shape index (κ2) is 42.6. The molecule has 0 amide bonds. The van der Waals surface area contributed by atoms with Gasteiger partial charge in [-0.15, -0.1) is 0 Å². The minimum Gasteiger partial charge on any atom is -0.545 e. The van der Waals surface area contributed by atoms with Crippen LogP contribution in [0, 0.1) is 0 Å². The second-order valence-electron chi connectivity index (χ2n) is 16.0. The smallest absolute Gasteiger partial charge is 0.306 e. The molecule has 0 aromatic heterocycles. The Balaban J connectivity index is 4.40. The van der Waals surface area contributed by atoms with E-state index in [1.807, 2.05) is 27.2 Å². The van der Waals surface area contributed by atoms with Crippen LogP contribution in [0.5, 0.6) is 0 Å². The molecule has 0 bridgehead atoms. The first-order valence-corrected chi connectivity index (χ1v) is 23.0. The van der Waals surface area contributed by atoms with Crippen molar-refractivity contribution in [2.24, 2.45) is 0 Å². The van der Waals surface area contributed by atoms with E-state index in [9.17, 15) is 19.5 Å². The topological polar surface area (TPSA) is 111 Å². The molecule has 0 saturated carbocycles. The highest BCUT2D eigenvalue weighted by atomic mass is 16.7. The van der Waals surface area contributed by atoms with E-state index in [0.29, 0.717) is 23.9 Å². The lowest BCUT2D eigenvalue weighted by Crippen LogP contribution is -2.44. The van der Waals surface area contributed by atoms with E-state index >= 15 is 0 Å². The molecule has 0 radical (unpaired) electrons. The fraction of sp³-hybridized carbons (Fsp3) is 0.596. The first-order valence-electron chi connectivity index (χ1n) is 23.0. The third kappa shape index (κ3) is 43.8. The van der Waals surface area contributed by atoms with Gasteiger partial charge in [-0.2, -0.15) is 0 Å². The molecule has 0 aliphatic rings. The third-order valence-corrected chi connectivity index (χ3v) is 9.03. The summed E-state index contributed by atoms with van der Waals surface area (Å²) in [7, 11) is 5.87. The normalized spacial score (nSPS) is 13.9. The molecule has 9 heteroatoms. The lowest BCUT2D eigenvalue weighted by molar-refractivity contribution is -0.870. The molecule has 0 fully saturated rings. The maximum atomic E-state index is 12.7. The molecular weight excluding hydrogens is 767 g/mol. The van der Waals surface area contributed by atoms with Crippen molar-refractivity contribution in [3.8, 4) is 0 Å². The zero-order valence-electron chi connectivity index (χ0n) is 38.7. The van der Waals surface area contributed by atoms with Crippen LogP contribution in [-0.4, -0.2) is 82.3 Å². The molecule has 2 unspecified atom stereocenters. The molecule has 0 aliphatic carbocycles. The minimum absolute atomic E-state index is 0.131. The standard InChI is InChI=1S/C52H83NO8/c1-6-8-10-12-14-15-16-17-18-19-20-21-22-23-24-25-26-27-28-29-30-31-32-33-34-35-37-39-41-43-50(55)61-48(46-59-49(54)42-40-38-36-13-11-9-7-2)47-60-52(51(56)57)58-45-44-53(3,4)5/h8,10,14-15,17-18,20-21,23-24,26-27,29-30,32-33,35,37,48,52H,6-7,9,11-13,16,19,22,25,28,31,34,36,38-47H2,1-5H3/b10-8-,15-14-,18-17-,21-20-,24-23-,27-26-,30-29-,33-32-,37-35-. The monoisotopic (exact) mass is 850 g/mol. The molecule has 2 atom stereocenters. The van der Waals surface area contributed by atoms with Crippen LogP contribution in [0.2, 0.25) is 0 Å². The van der Waals surface area contributed by atoms with Gasteiger partial charge in [0, 0.05) is 12.8 Å². The number of carboxylic acids is 1. The lowest BCUT2D eigenvalue weighted by atomic mass is 10.1. The molecule has 61 heavy (non-hydrogen) atoms. The summed E-state index contributed by atoms with van der Waals surface area (Å²) in [6.07, 6.45) is 54.5. The summed E-state index contributed by atoms with van der Waals surface area (Å²) in [5.74, 6) is -2.39. The van der Waals surface area contributed by atoms with Crippen molar-refractivity contribution in [3.05, 3.63) is 109 Å². The number of unbranched alkanes of at least 4 members (excludes halogenated alkanes) is 7. The van der Waals surface area contributed by atoms with Crippen molar-refractivity contribution < 1.29 is 42.9 Å². The number of aliphatic carboxylic acids is 1. The van der Waals surface area contributed by atoms with Gasteiger partial charge in [-0.25, -0.2) is 0 Å². The highest BCUT2D eigenvalue weighted by Crippen LogP contribution is 2.11. The molecule has 0 aromatic carbocycles. The number of quaternary nitrogens is 1. The van der Waals surface area contributed by atoms with Gasteiger partial charge in [0.2, 0.25) is 0 Å². The zero-order chi connectivity index (χ0) is 44.9. The fourth-order valence-electron chi connectivity index (χ4n) is 5.47. The van der Waals surface area contributed by atoms with Crippen molar-refractivity contribution in [1.29, 1.82) is 0 Å². The highest BCUT2D eigenvalue weighted by molar-refractivity contribution is 5.70. The Morgan fingerprint density at radius 3 is 1.38 bits per heavy atom. The molecular formula is C52H83NO8. The Morgan fingerprint density at radius 1 is 0.508 bits per heavy atom. The summed E-state index contributed by atoms with van der Waals surface area (Å²) in [6, 6.07) is 0. The van der Waals surface area contributed by atoms with Gasteiger partial charge in [0.15, 0.2) is 12.4 Å². The Kier molecular flexibility index (Phi) is 39.8. The van der Waals surface area contributed by atoms with Gasteiger partial charge in [-0.05, 0) is 77.0 Å². The average Bonchev–Trinajstić information content (AvgIpc) is 3.22. The number of hydrogen-bond acceptors (Lipinski definition) is 8. The number of ether oxygens (including phenoxy) is 4. The number of rotatable bonds is 40. The second-order valence-corrected chi connectivity index (χ2v) is 16.0. The Bertz CT molecular complexity index is 1360. The van der Waals surface area contributed by atoms with Crippen molar-refractivity contribution >= 4 is 17.9 Å². The Morgan fingerprint density at radius 2 is 0.934 bits per heavy atom. The number of carboxylic acid groups (broad SMARTS) is 1. The summed E-state index contributed by atoms with van der Waals surface area (Å²) >= 11 is 0. The number of likely N-dealkylation sites (N-methyl/N-ethyl adjacent to an activating group) is 1. The maximum absolute atomic E-state index is 12.7. The average molecular weight is 850 g/mol. The molecule has 0 rings (SSSR count). The van der Waals surface area contributed by atoms with E-state index in [4.69, 9.17) is 18.9 Å². The first-order chi connectivity index (χ1) is 29.6. The molecule has 0 aromatic rings. The number of esters is 2. The molecule has 0 aliphatic heterocycles. The van der Waals surface area contributed by atoms with E-state index in [2.05, 4.69) is 117 Å². The molecule has 0 spiro atoms. The number of nitrogens with zero attached hydrogens (tertiary/aromatic N) is 1. The number of carbonyl (C=O) groups is 3. The van der Waals surface area contributed by atoms with Crippen LogP contribution in [0.3, 0.4) is 0 Å². The van der Waals surface area contributed by atoms with Crippen LogP contribution in [0.25, 0.3) is 0 Å². The molecule has 344 valence electrons. The fourth-order valence-corrected chi connectivity index (χ4v) is 5.47. The van der Waals surface area contributed by atoms with E-state index in [0.717, 1.165) is 83.5 Å². The quantitative estimate of drug-likeness (QED) is 0.0197.